The van der Waals surface area contributed by atoms with Gasteiger partial charge in [-0.05, 0) is 37.6 Å². The highest BCUT2D eigenvalue weighted by atomic mass is 16.3. The number of oxazole rings is 1. The Balaban J connectivity index is 1.79. The summed E-state index contributed by atoms with van der Waals surface area (Å²) in [7, 11) is 0. The third-order valence-electron chi connectivity index (χ3n) is 3.54. The number of anilines is 1. The van der Waals surface area contributed by atoms with Gasteiger partial charge in [0.2, 0.25) is 5.91 Å². The molecule has 1 amide bonds. The third kappa shape index (κ3) is 2.54. The van der Waals surface area contributed by atoms with Gasteiger partial charge in [-0.1, -0.05) is 13.8 Å². The minimum absolute atomic E-state index is 0.0226. The average Bonchev–Trinajstić information content (AvgIpc) is 3.07. The highest BCUT2D eigenvalue weighted by Crippen LogP contribution is 2.24. The molecular weight excluding hydrogens is 254 g/mol. The summed E-state index contributed by atoms with van der Waals surface area (Å²) in [6.07, 6.45) is 1.95. The molecular formula is C15H19N3O2. The Hall–Kier alpha value is -1.88. The van der Waals surface area contributed by atoms with Gasteiger partial charge in [-0.15, -0.1) is 0 Å². The molecule has 1 aliphatic rings. The van der Waals surface area contributed by atoms with E-state index in [0.29, 0.717) is 0 Å². The molecule has 0 radical (unpaired) electrons. The summed E-state index contributed by atoms with van der Waals surface area (Å²) in [5, 5.41) is 6.12. The van der Waals surface area contributed by atoms with Crippen molar-refractivity contribution in [2.75, 3.05) is 11.9 Å². The van der Waals surface area contributed by atoms with Crippen molar-refractivity contribution in [3.8, 4) is 0 Å². The summed E-state index contributed by atoms with van der Waals surface area (Å²) in [4.78, 5) is 16.5. The van der Waals surface area contributed by atoms with Crippen molar-refractivity contribution in [2.24, 2.45) is 0 Å². The van der Waals surface area contributed by atoms with Gasteiger partial charge >= 0.3 is 0 Å². The summed E-state index contributed by atoms with van der Waals surface area (Å²) in [5.41, 5.74) is 2.30. The van der Waals surface area contributed by atoms with Crippen molar-refractivity contribution >= 4 is 22.7 Å². The fraction of sp³-hybridized carbons (Fsp3) is 0.467. The number of fused-ring (bicyclic) bond motifs is 1. The third-order valence-corrected chi connectivity index (χ3v) is 3.54. The zero-order valence-corrected chi connectivity index (χ0v) is 11.8. The lowest BCUT2D eigenvalue weighted by molar-refractivity contribution is -0.117. The van der Waals surface area contributed by atoms with Crippen LogP contribution in [0.4, 0.5) is 5.69 Å². The number of nitrogens with one attached hydrogen (secondary N) is 2. The fourth-order valence-corrected chi connectivity index (χ4v) is 2.41. The lowest BCUT2D eigenvalue weighted by Crippen LogP contribution is -2.35. The number of carbonyl (C=O) groups excluding carboxylic acids is 1. The van der Waals surface area contributed by atoms with E-state index in [-0.39, 0.29) is 17.9 Å². The molecule has 1 fully saturated rings. The maximum absolute atomic E-state index is 12.0. The Morgan fingerprint density at radius 3 is 3.05 bits per heavy atom. The molecule has 1 saturated heterocycles. The first-order valence-corrected chi connectivity index (χ1v) is 7.08. The van der Waals surface area contributed by atoms with E-state index in [0.717, 1.165) is 42.1 Å². The van der Waals surface area contributed by atoms with Crippen LogP contribution < -0.4 is 10.6 Å². The highest BCUT2D eigenvalue weighted by molar-refractivity contribution is 5.96. The SMILES string of the molecule is CC(C)c1nc2cc(NC(=O)C3CCCN3)ccc2o1. The molecule has 20 heavy (non-hydrogen) atoms. The van der Waals surface area contributed by atoms with Gasteiger partial charge in [0.05, 0.1) is 6.04 Å². The van der Waals surface area contributed by atoms with E-state index in [2.05, 4.69) is 15.6 Å². The maximum atomic E-state index is 12.0. The van der Waals surface area contributed by atoms with Gasteiger partial charge in [-0.3, -0.25) is 4.79 Å². The van der Waals surface area contributed by atoms with Crippen LogP contribution in [-0.4, -0.2) is 23.5 Å². The molecule has 5 heteroatoms. The molecule has 2 N–H and O–H groups in total. The topological polar surface area (TPSA) is 67.2 Å². The first-order chi connectivity index (χ1) is 9.63. The van der Waals surface area contributed by atoms with Gasteiger partial charge in [-0.2, -0.15) is 0 Å². The second-order valence-corrected chi connectivity index (χ2v) is 5.53. The van der Waals surface area contributed by atoms with Gasteiger partial charge in [0.25, 0.3) is 0 Å². The van der Waals surface area contributed by atoms with Crippen LogP contribution in [0.25, 0.3) is 11.1 Å². The molecule has 1 unspecified atom stereocenters. The van der Waals surface area contributed by atoms with E-state index in [4.69, 9.17) is 4.42 Å². The van der Waals surface area contributed by atoms with Gasteiger partial charge in [0.15, 0.2) is 11.5 Å². The Morgan fingerprint density at radius 2 is 2.35 bits per heavy atom. The minimum Gasteiger partial charge on any atom is -0.440 e. The summed E-state index contributed by atoms with van der Waals surface area (Å²) < 4.78 is 5.65. The Bertz CT molecular complexity index is 627. The highest BCUT2D eigenvalue weighted by Gasteiger charge is 2.22. The quantitative estimate of drug-likeness (QED) is 0.902. The van der Waals surface area contributed by atoms with Gasteiger partial charge in [0.1, 0.15) is 5.52 Å². The smallest absolute Gasteiger partial charge is 0.241 e. The number of benzene rings is 1. The summed E-state index contributed by atoms with van der Waals surface area (Å²) >= 11 is 0. The molecule has 1 aromatic heterocycles. The standard InChI is InChI=1S/C15H19N3O2/c1-9(2)15-18-12-8-10(5-6-13(12)20-15)17-14(19)11-4-3-7-16-11/h5-6,8-9,11,16H,3-4,7H2,1-2H3,(H,17,19). The largest absolute Gasteiger partial charge is 0.440 e. The average molecular weight is 273 g/mol. The zero-order chi connectivity index (χ0) is 14.1. The van der Waals surface area contributed by atoms with E-state index in [9.17, 15) is 4.79 Å². The van der Waals surface area contributed by atoms with Gasteiger partial charge < -0.3 is 15.1 Å². The Labute approximate surface area is 117 Å². The lowest BCUT2D eigenvalue weighted by atomic mass is 10.2. The van der Waals surface area contributed by atoms with Gasteiger partial charge in [-0.25, -0.2) is 4.98 Å². The predicted octanol–water partition coefficient (Wildman–Crippen LogP) is 2.64. The number of rotatable bonds is 3. The number of carbonyl (C=O) groups is 1. The van der Waals surface area contributed by atoms with Crippen LogP contribution in [-0.2, 0) is 4.79 Å². The monoisotopic (exact) mass is 273 g/mol. The number of amides is 1. The minimum atomic E-state index is -0.0748. The van der Waals surface area contributed by atoms with Crippen LogP contribution in [0.15, 0.2) is 22.6 Å². The molecule has 0 bridgehead atoms. The lowest BCUT2D eigenvalue weighted by Gasteiger charge is -2.10. The van der Waals surface area contributed by atoms with E-state index in [1.807, 2.05) is 32.0 Å². The van der Waals surface area contributed by atoms with E-state index >= 15 is 0 Å². The van der Waals surface area contributed by atoms with Crippen molar-refractivity contribution in [3.63, 3.8) is 0 Å². The normalized spacial score (nSPS) is 18.9. The van der Waals surface area contributed by atoms with E-state index in [1.165, 1.54) is 0 Å². The molecule has 0 aliphatic carbocycles. The molecule has 0 saturated carbocycles. The number of hydrogen-bond acceptors (Lipinski definition) is 4. The first kappa shape index (κ1) is 13.1. The molecule has 106 valence electrons. The van der Waals surface area contributed by atoms with Crippen molar-refractivity contribution in [1.29, 1.82) is 0 Å². The summed E-state index contributed by atoms with van der Waals surface area (Å²) in [5.74, 6) is 0.999. The van der Waals surface area contributed by atoms with Crippen LogP contribution in [0.2, 0.25) is 0 Å². The zero-order valence-electron chi connectivity index (χ0n) is 11.8. The molecule has 1 atom stereocenters. The summed E-state index contributed by atoms with van der Waals surface area (Å²) in [6, 6.07) is 5.49. The van der Waals surface area contributed by atoms with E-state index < -0.39 is 0 Å². The Kier molecular flexibility index (Phi) is 3.44. The predicted molar refractivity (Wildman–Crippen MR) is 77.8 cm³/mol. The second kappa shape index (κ2) is 5.25. The number of hydrogen-bond donors (Lipinski definition) is 2. The maximum Gasteiger partial charge on any atom is 0.241 e. The van der Waals surface area contributed by atoms with Crippen LogP contribution in [0, 0.1) is 0 Å². The van der Waals surface area contributed by atoms with Crippen molar-refractivity contribution < 1.29 is 9.21 Å². The molecule has 3 rings (SSSR count). The van der Waals surface area contributed by atoms with Crippen molar-refractivity contribution in [3.05, 3.63) is 24.1 Å². The van der Waals surface area contributed by atoms with E-state index in [1.54, 1.807) is 0 Å². The van der Waals surface area contributed by atoms with Crippen LogP contribution >= 0.6 is 0 Å². The molecule has 1 aromatic carbocycles. The van der Waals surface area contributed by atoms with Gasteiger partial charge in [0, 0.05) is 11.6 Å². The molecule has 2 heterocycles. The fourth-order valence-electron chi connectivity index (χ4n) is 2.41. The molecule has 0 spiro atoms. The molecule has 1 aliphatic heterocycles. The molecule has 2 aromatic rings. The number of nitrogens with zero attached hydrogens (tertiary/aromatic N) is 1. The summed E-state index contributed by atoms with van der Waals surface area (Å²) in [6.45, 7) is 5.00. The van der Waals surface area contributed by atoms with Crippen LogP contribution in [0.5, 0.6) is 0 Å². The second-order valence-electron chi connectivity index (χ2n) is 5.53. The van der Waals surface area contributed by atoms with Crippen molar-refractivity contribution in [1.82, 2.24) is 10.3 Å². The first-order valence-electron chi connectivity index (χ1n) is 7.08. The Morgan fingerprint density at radius 1 is 1.50 bits per heavy atom. The van der Waals surface area contributed by atoms with Crippen LogP contribution in [0.1, 0.15) is 38.5 Å². The number of aromatic nitrogens is 1. The van der Waals surface area contributed by atoms with Crippen molar-refractivity contribution in [2.45, 2.75) is 38.6 Å². The molecule has 5 nitrogen and oxygen atoms in total. The van der Waals surface area contributed by atoms with Crippen LogP contribution in [0.3, 0.4) is 0 Å².